The third kappa shape index (κ3) is 5.01. The zero-order valence-electron chi connectivity index (χ0n) is 17.5. The molecule has 30 heavy (non-hydrogen) atoms. The molecule has 3 aromatic rings. The van der Waals surface area contributed by atoms with Gasteiger partial charge in [-0.3, -0.25) is 0 Å². The minimum Gasteiger partial charge on any atom is -0.506 e. The Balaban J connectivity index is 1.54. The highest BCUT2D eigenvalue weighted by Crippen LogP contribution is 2.24. The molecule has 154 valence electrons. The fraction of sp³-hybridized carbons (Fsp3) is 0.269. The van der Waals surface area contributed by atoms with Crippen molar-refractivity contribution in [1.82, 2.24) is 4.90 Å². The monoisotopic (exact) mass is 399 g/mol. The van der Waals surface area contributed by atoms with Gasteiger partial charge in [-0.25, -0.2) is 4.99 Å². The van der Waals surface area contributed by atoms with Gasteiger partial charge in [-0.05, 0) is 55.0 Å². The van der Waals surface area contributed by atoms with E-state index in [0.717, 1.165) is 38.3 Å². The van der Waals surface area contributed by atoms with Crippen LogP contribution in [-0.2, 0) is 19.4 Å². The number of nitrogens with zero attached hydrogens (tertiary/aromatic N) is 2. The number of aromatic hydroxyl groups is 1. The number of aliphatic imine (C=N–C) groups is 1. The Morgan fingerprint density at radius 3 is 2.47 bits per heavy atom. The fourth-order valence-electron chi connectivity index (χ4n) is 3.86. The van der Waals surface area contributed by atoms with Gasteiger partial charge < -0.3 is 15.3 Å². The van der Waals surface area contributed by atoms with E-state index in [1.807, 2.05) is 24.3 Å². The van der Waals surface area contributed by atoms with Crippen molar-refractivity contribution in [3.8, 4) is 5.75 Å². The molecule has 4 nitrogen and oxygen atoms in total. The van der Waals surface area contributed by atoms with Crippen molar-refractivity contribution in [3.63, 3.8) is 0 Å². The van der Waals surface area contributed by atoms with E-state index in [1.54, 1.807) is 6.07 Å². The van der Waals surface area contributed by atoms with Crippen molar-refractivity contribution in [2.75, 3.05) is 11.9 Å². The van der Waals surface area contributed by atoms with Crippen molar-refractivity contribution >= 4 is 11.6 Å². The molecule has 0 spiro atoms. The minimum absolute atomic E-state index is 0.163. The molecule has 4 rings (SSSR count). The molecule has 0 saturated carbocycles. The first-order chi connectivity index (χ1) is 14.7. The van der Waals surface area contributed by atoms with E-state index in [0.29, 0.717) is 5.69 Å². The third-order valence-electron chi connectivity index (χ3n) is 5.62. The lowest BCUT2D eigenvalue weighted by Gasteiger charge is -2.32. The van der Waals surface area contributed by atoms with Gasteiger partial charge in [0.05, 0.1) is 11.7 Å². The van der Waals surface area contributed by atoms with Crippen molar-refractivity contribution in [3.05, 3.63) is 95.6 Å². The maximum atomic E-state index is 10.3. The summed E-state index contributed by atoms with van der Waals surface area (Å²) >= 11 is 0. The molecule has 1 heterocycles. The van der Waals surface area contributed by atoms with Crippen LogP contribution in [0.1, 0.15) is 30.0 Å². The lowest BCUT2D eigenvalue weighted by molar-refractivity contribution is 0.388. The summed E-state index contributed by atoms with van der Waals surface area (Å²) in [7, 11) is 0. The first-order valence-corrected chi connectivity index (χ1v) is 10.7. The van der Waals surface area contributed by atoms with Crippen LogP contribution < -0.4 is 5.32 Å². The van der Waals surface area contributed by atoms with Crippen LogP contribution in [0.3, 0.4) is 0 Å². The van der Waals surface area contributed by atoms with Gasteiger partial charge in [-0.15, -0.1) is 0 Å². The third-order valence-corrected chi connectivity index (χ3v) is 5.62. The highest BCUT2D eigenvalue weighted by Gasteiger charge is 2.20. The van der Waals surface area contributed by atoms with Gasteiger partial charge in [0.15, 0.2) is 5.96 Å². The van der Waals surface area contributed by atoms with Crippen molar-refractivity contribution < 1.29 is 5.11 Å². The number of aryl methyl sites for hydroxylation is 1. The number of phenolic OH excluding ortho intramolecular Hbond substituents is 1. The summed E-state index contributed by atoms with van der Waals surface area (Å²) in [6.07, 6.45) is 2.97. The van der Waals surface area contributed by atoms with Crippen LogP contribution >= 0.6 is 0 Å². The van der Waals surface area contributed by atoms with E-state index >= 15 is 0 Å². The molecule has 1 aliphatic rings. The number of benzene rings is 3. The average molecular weight is 400 g/mol. The van der Waals surface area contributed by atoms with Gasteiger partial charge in [-0.1, -0.05) is 66.7 Å². The van der Waals surface area contributed by atoms with Crippen LogP contribution in [0.15, 0.2) is 83.9 Å². The molecular weight excluding hydrogens is 370 g/mol. The van der Waals surface area contributed by atoms with E-state index < -0.39 is 0 Å². The molecule has 0 saturated heterocycles. The molecule has 0 fully saturated rings. The van der Waals surface area contributed by atoms with Gasteiger partial charge >= 0.3 is 0 Å². The number of para-hydroxylation sites is 2. The van der Waals surface area contributed by atoms with Crippen molar-refractivity contribution in [2.45, 2.75) is 38.8 Å². The lowest BCUT2D eigenvalue weighted by Crippen LogP contribution is -2.40. The number of phenols is 1. The molecule has 3 aromatic carbocycles. The first-order valence-electron chi connectivity index (χ1n) is 10.7. The number of hydrogen-bond donors (Lipinski definition) is 2. The number of anilines is 1. The summed E-state index contributed by atoms with van der Waals surface area (Å²) < 4.78 is 0. The first kappa shape index (κ1) is 20.0. The van der Waals surface area contributed by atoms with Crippen LogP contribution in [-0.4, -0.2) is 28.6 Å². The predicted molar refractivity (Wildman–Crippen MR) is 124 cm³/mol. The molecule has 1 unspecified atom stereocenters. The van der Waals surface area contributed by atoms with Crippen LogP contribution in [0.4, 0.5) is 5.69 Å². The summed E-state index contributed by atoms with van der Waals surface area (Å²) in [5, 5.41) is 13.7. The number of fused-ring (bicyclic) bond motifs is 1. The number of rotatable bonds is 5. The molecular formula is C26H29N3O. The molecule has 0 bridgehead atoms. The van der Waals surface area contributed by atoms with E-state index in [1.165, 1.54) is 16.7 Å². The Kier molecular flexibility index (Phi) is 6.33. The maximum Gasteiger partial charge on any atom is 0.199 e. The Morgan fingerprint density at radius 2 is 1.67 bits per heavy atom. The quantitative estimate of drug-likeness (QED) is 0.350. The normalized spacial score (nSPS) is 14.8. The standard InChI is InChI=1S/C26H29N3O/c1-20(15-16-21-9-3-2-4-10-21)27-26(28-24-13-7-8-14-25(24)30)29-18-17-22-11-5-6-12-23(22)19-29/h2-14,20,30H,15-19H2,1H3,(H,27,28). The summed E-state index contributed by atoms with van der Waals surface area (Å²) in [6.45, 7) is 3.89. The molecule has 0 amide bonds. The SMILES string of the molecule is CC(CCc1ccccc1)N=C(Nc1ccccc1O)N1CCc2ccccc2C1. The number of nitrogens with one attached hydrogen (secondary N) is 1. The van der Waals surface area contributed by atoms with Crippen LogP contribution in [0.5, 0.6) is 5.75 Å². The van der Waals surface area contributed by atoms with Gasteiger partial charge in [-0.2, -0.15) is 0 Å². The van der Waals surface area contributed by atoms with Gasteiger partial charge in [0.2, 0.25) is 0 Å². The maximum absolute atomic E-state index is 10.3. The Morgan fingerprint density at radius 1 is 0.967 bits per heavy atom. The highest BCUT2D eigenvalue weighted by atomic mass is 16.3. The van der Waals surface area contributed by atoms with Crippen molar-refractivity contribution in [2.24, 2.45) is 4.99 Å². The zero-order valence-corrected chi connectivity index (χ0v) is 17.5. The van der Waals surface area contributed by atoms with Crippen molar-refractivity contribution in [1.29, 1.82) is 0 Å². The second-order valence-electron chi connectivity index (χ2n) is 7.91. The number of guanidine groups is 1. The van der Waals surface area contributed by atoms with Gasteiger partial charge in [0, 0.05) is 13.1 Å². The highest BCUT2D eigenvalue weighted by molar-refractivity contribution is 5.95. The topological polar surface area (TPSA) is 47.9 Å². The molecule has 0 radical (unpaired) electrons. The smallest absolute Gasteiger partial charge is 0.199 e. The summed E-state index contributed by atoms with van der Waals surface area (Å²) in [4.78, 5) is 7.33. The van der Waals surface area contributed by atoms with E-state index in [9.17, 15) is 5.11 Å². The Labute approximate surface area is 178 Å². The van der Waals surface area contributed by atoms with Crippen LogP contribution in [0.25, 0.3) is 0 Å². The minimum atomic E-state index is 0.163. The van der Waals surface area contributed by atoms with Crippen LogP contribution in [0.2, 0.25) is 0 Å². The van der Waals surface area contributed by atoms with Crippen LogP contribution in [0, 0.1) is 0 Å². The second kappa shape index (κ2) is 9.49. The van der Waals surface area contributed by atoms with E-state index in [4.69, 9.17) is 4.99 Å². The Hall–Kier alpha value is -3.27. The molecule has 4 heteroatoms. The largest absolute Gasteiger partial charge is 0.506 e. The average Bonchev–Trinajstić information content (AvgIpc) is 2.79. The van der Waals surface area contributed by atoms with Gasteiger partial charge in [0.25, 0.3) is 0 Å². The fourth-order valence-corrected chi connectivity index (χ4v) is 3.86. The number of hydrogen-bond acceptors (Lipinski definition) is 2. The Bertz CT molecular complexity index is 1000. The van der Waals surface area contributed by atoms with E-state index in [2.05, 4.69) is 65.7 Å². The summed E-state index contributed by atoms with van der Waals surface area (Å²) in [5.41, 5.74) is 4.77. The molecule has 1 atom stereocenters. The predicted octanol–water partition coefficient (Wildman–Crippen LogP) is 5.24. The molecule has 1 aliphatic heterocycles. The summed E-state index contributed by atoms with van der Waals surface area (Å²) in [5.74, 6) is 1.06. The lowest BCUT2D eigenvalue weighted by atomic mass is 10.0. The second-order valence-corrected chi connectivity index (χ2v) is 7.91. The molecule has 0 aromatic heterocycles. The summed E-state index contributed by atoms with van der Waals surface area (Å²) in [6, 6.07) is 26.7. The molecule has 0 aliphatic carbocycles. The molecule has 2 N–H and O–H groups in total. The van der Waals surface area contributed by atoms with E-state index in [-0.39, 0.29) is 11.8 Å². The zero-order chi connectivity index (χ0) is 20.8. The van der Waals surface area contributed by atoms with Gasteiger partial charge in [0.1, 0.15) is 5.75 Å².